The van der Waals surface area contributed by atoms with E-state index >= 15 is 0 Å². The zero-order valence-electron chi connectivity index (χ0n) is 17.8. The third-order valence-corrected chi connectivity index (χ3v) is 5.81. The van der Waals surface area contributed by atoms with Crippen LogP contribution in [0, 0.1) is 0 Å². The van der Waals surface area contributed by atoms with Crippen molar-refractivity contribution in [1.82, 2.24) is 9.97 Å². The van der Waals surface area contributed by atoms with E-state index in [0.29, 0.717) is 23.3 Å². The Labute approximate surface area is 199 Å². The summed E-state index contributed by atoms with van der Waals surface area (Å²) in [4.78, 5) is 20.8. The first-order chi connectivity index (χ1) is 15.1. The quantitative estimate of drug-likeness (QED) is 0.351. The molecule has 0 fully saturated rings. The highest BCUT2D eigenvalue weighted by Crippen LogP contribution is 2.33. The smallest absolute Gasteiger partial charge is 0.247 e. The molecule has 0 aliphatic heterocycles. The molecule has 10 heteroatoms. The lowest BCUT2D eigenvalue weighted by Gasteiger charge is -2.11. The van der Waals surface area contributed by atoms with Gasteiger partial charge in [-0.3, -0.25) is 4.79 Å². The van der Waals surface area contributed by atoms with Crippen LogP contribution in [0.3, 0.4) is 0 Å². The highest BCUT2D eigenvalue weighted by atomic mass is 32.2. The average molecular weight is 485 g/mol. The first-order valence-electron chi connectivity index (χ1n) is 9.46. The maximum atomic E-state index is 11.6. The van der Waals surface area contributed by atoms with Crippen molar-refractivity contribution in [3.05, 3.63) is 78.2 Å². The Morgan fingerprint density at radius 3 is 2.64 bits per heavy atom. The highest BCUT2D eigenvalue weighted by molar-refractivity contribution is 7.97. The topological polar surface area (TPSA) is 139 Å². The van der Waals surface area contributed by atoms with E-state index in [1.54, 1.807) is 30.0 Å². The number of ether oxygens (including phenoxy) is 1. The molecule has 0 aliphatic carbocycles. The fourth-order valence-electron chi connectivity index (χ4n) is 2.88. The Bertz CT molecular complexity index is 1230. The molecule has 0 aliphatic rings. The lowest BCUT2D eigenvalue weighted by molar-refractivity contribution is -0.111. The van der Waals surface area contributed by atoms with E-state index in [0.717, 1.165) is 21.7 Å². The molecule has 2 aromatic carbocycles. The SMILES string of the molecule is C=CC(=O)Nc1cccc(Oc2nc(Nc3ccc(CSC)cc3)nc3ccsc23)c1.O.O. The molecule has 0 radical (unpaired) electrons. The molecule has 4 aromatic rings. The van der Waals surface area contributed by atoms with Gasteiger partial charge in [-0.05, 0) is 53.6 Å². The van der Waals surface area contributed by atoms with Crippen LogP contribution in [0.2, 0.25) is 0 Å². The van der Waals surface area contributed by atoms with Crippen LogP contribution in [-0.2, 0) is 10.5 Å². The van der Waals surface area contributed by atoms with Gasteiger partial charge >= 0.3 is 0 Å². The Morgan fingerprint density at radius 1 is 1.12 bits per heavy atom. The largest absolute Gasteiger partial charge is 0.437 e. The number of hydrogen-bond acceptors (Lipinski definition) is 7. The third-order valence-electron chi connectivity index (χ3n) is 4.30. The summed E-state index contributed by atoms with van der Waals surface area (Å²) >= 11 is 3.30. The number of carbonyl (C=O) groups excluding carboxylic acids is 1. The van der Waals surface area contributed by atoms with Crippen LogP contribution < -0.4 is 15.4 Å². The van der Waals surface area contributed by atoms with Crippen molar-refractivity contribution in [2.24, 2.45) is 0 Å². The second kappa shape index (κ2) is 12.0. The fourth-order valence-corrected chi connectivity index (χ4v) is 4.17. The summed E-state index contributed by atoms with van der Waals surface area (Å²) < 4.78 is 6.92. The van der Waals surface area contributed by atoms with Crippen molar-refractivity contribution in [2.75, 3.05) is 16.9 Å². The van der Waals surface area contributed by atoms with Gasteiger partial charge in [0.25, 0.3) is 0 Å². The van der Waals surface area contributed by atoms with Gasteiger partial charge in [-0.2, -0.15) is 16.7 Å². The second-order valence-corrected chi connectivity index (χ2v) is 8.35. The number of thioether (sulfide) groups is 1. The predicted octanol–water partition coefficient (Wildman–Crippen LogP) is 4.57. The molecule has 0 saturated heterocycles. The number of amides is 1. The average Bonchev–Trinajstić information content (AvgIpc) is 3.24. The van der Waals surface area contributed by atoms with Crippen LogP contribution >= 0.6 is 23.1 Å². The van der Waals surface area contributed by atoms with E-state index in [4.69, 9.17) is 4.74 Å². The van der Waals surface area contributed by atoms with Crippen molar-refractivity contribution < 1.29 is 20.5 Å². The van der Waals surface area contributed by atoms with Crippen LogP contribution in [0.5, 0.6) is 11.6 Å². The number of thiophene rings is 1. The molecule has 1 amide bonds. The maximum Gasteiger partial charge on any atom is 0.247 e. The zero-order valence-corrected chi connectivity index (χ0v) is 19.4. The molecule has 8 nitrogen and oxygen atoms in total. The van der Waals surface area contributed by atoms with Crippen LogP contribution in [0.4, 0.5) is 17.3 Å². The Kier molecular flexibility index (Phi) is 9.37. The number of carbonyl (C=O) groups is 1. The number of rotatable bonds is 8. The minimum absolute atomic E-state index is 0. The van der Waals surface area contributed by atoms with Gasteiger partial charge < -0.3 is 26.3 Å². The highest BCUT2D eigenvalue weighted by Gasteiger charge is 2.12. The van der Waals surface area contributed by atoms with E-state index in [2.05, 4.69) is 45.6 Å². The van der Waals surface area contributed by atoms with Gasteiger partial charge in [0.1, 0.15) is 10.4 Å². The summed E-state index contributed by atoms with van der Waals surface area (Å²) in [5.41, 5.74) is 3.58. The molecule has 2 aromatic heterocycles. The summed E-state index contributed by atoms with van der Waals surface area (Å²) in [5, 5.41) is 7.93. The van der Waals surface area contributed by atoms with Gasteiger partial charge in [0.15, 0.2) is 0 Å². The third kappa shape index (κ3) is 6.53. The second-order valence-electron chi connectivity index (χ2n) is 6.57. The van der Waals surface area contributed by atoms with Crippen LogP contribution in [0.15, 0.2) is 72.6 Å². The van der Waals surface area contributed by atoms with E-state index in [1.807, 2.05) is 29.6 Å². The van der Waals surface area contributed by atoms with Crippen molar-refractivity contribution in [3.63, 3.8) is 0 Å². The molecule has 172 valence electrons. The van der Waals surface area contributed by atoms with Gasteiger partial charge in [0.05, 0.1) is 5.52 Å². The number of nitrogens with one attached hydrogen (secondary N) is 2. The molecule has 6 N–H and O–H groups in total. The molecule has 2 heterocycles. The molecule has 0 unspecified atom stereocenters. The molecule has 0 atom stereocenters. The molecule has 0 saturated carbocycles. The molecular formula is C23H24N4O4S2. The van der Waals surface area contributed by atoms with Gasteiger partial charge in [-0.25, -0.2) is 4.98 Å². The molecule has 4 rings (SSSR count). The van der Waals surface area contributed by atoms with Crippen LogP contribution in [-0.4, -0.2) is 33.1 Å². The van der Waals surface area contributed by atoms with Crippen molar-refractivity contribution in [2.45, 2.75) is 5.75 Å². The lowest BCUT2D eigenvalue weighted by Crippen LogP contribution is -2.07. The first kappa shape index (κ1) is 25.8. The van der Waals surface area contributed by atoms with Gasteiger partial charge in [0, 0.05) is 23.2 Å². The predicted molar refractivity (Wildman–Crippen MR) is 137 cm³/mol. The van der Waals surface area contributed by atoms with Crippen LogP contribution in [0.25, 0.3) is 10.2 Å². The fraction of sp³-hybridized carbons (Fsp3) is 0.0870. The number of nitrogens with zero attached hydrogens (tertiary/aromatic N) is 2. The first-order valence-corrected chi connectivity index (χ1v) is 11.7. The van der Waals surface area contributed by atoms with Gasteiger partial charge in [-0.1, -0.05) is 24.8 Å². The minimum atomic E-state index is -0.283. The monoisotopic (exact) mass is 484 g/mol. The Balaban J connectivity index is 0.00000193. The number of anilines is 3. The van der Waals surface area contributed by atoms with Crippen molar-refractivity contribution in [1.29, 1.82) is 0 Å². The number of fused-ring (bicyclic) bond motifs is 1. The van der Waals surface area contributed by atoms with E-state index in [1.165, 1.54) is 23.0 Å². The molecule has 33 heavy (non-hydrogen) atoms. The molecular weight excluding hydrogens is 460 g/mol. The van der Waals surface area contributed by atoms with E-state index in [-0.39, 0.29) is 16.9 Å². The Morgan fingerprint density at radius 2 is 1.91 bits per heavy atom. The normalized spacial score (nSPS) is 9.97. The summed E-state index contributed by atoms with van der Waals surface area (Å²) in [5.74, 6) is 2.16. The summed E-state index contributed by atoms with van der Waals surface area (Å²) in [6.45, 7) is 3.47. The summed E-state index contributed by atoms with van der Waals surface area (Å²) in [6.07, 6.45) is 3.30. The van der Waals surface area contributed by atoms with Crippen molar-refractivity contribution >= 4 is 56.5 Å². The number of benzene rings is 2. The number of aromatic nitrogens is 2. The standard InChI is InChI=1S/C23H20N4O2S2.2H2O/c1-3-20(28)24-17-5-4-6-18(13-17)29-22-21-19(11-12-31-21)26-23(27-22)25-16-9-7-15(8-10-16)14-30-2;;/h3-13H,1,14H2,2H3,(H,24,28)(H,25,26,27);2*1H2. The summed E-state index contributed by atoms with van der Waals surface area (Å²) in [6, 6.07) is 17.3. The maximum absolute atomic E-state index is 11.6. The molecule has 0 spiro atoms. The summed E-state index contributed by atoms with van der Waals surface area (Å²) in [7, 11) is 0. The van der Waals surface area contributed by atoms with E-state index in [9.17, 15) is 4.79 Å². The Hall–Kier alpha value is -3.44. The zero-order chi connectivity index (χ0) is 21.6. The van der Waals surface area contributed by atoms with Crippen molar-refractivity contribution in [3.8, 4) is 11.6 Å². The minimum Gasteiger partial charge on any atom is -0.437 e. The van der Waals surface area contributed by atoms with E-state index < -0.39 is 0 Å². The van der Waals surface area contributed by atoms with Gasteiger partial charge in [0.2, 0.25) is 17.7 Å². The van der Waals surface area contributed by atoms with Crippen LogP contribution in [0.1, 0.15) is 5.56 Å². The van der Waals surface area contributed by atoms with Gasteiger partial charge in [-0.15, -0.1) is 11.3 Å². The lowest BCUT2D eigenvalue weighted by atomic mass is 10.2. The number of hydrogen-bond donors (Lipinski definition) is 2. The molecule has 0 bridgehead atoms.